The lowest BCUT2D eigenvalue weighted by atomic mass is 9.85. The molecule has 0 bridgehead atoms. The SMILES string of the molecule is CC(C)(C)[S@@](=O)/N=C/CCCC1CCCCC1=O. The van der Waals surface area contributed by atoms with Crippen LogP contribution in [0, 0.1) is 5.92 Å². The quantitative estimate of drug-likeness (QED) is 0.568. The molecule has 0 spiro atoms. The zero-order valence-electron chi connectivity index (χ0n) is 11.8. The third-order valence-corrected chi connectivity index (χ3v) is 4.65. The third-order valence-electron chi connectivity index (χ3n) is 3.26. The predicted molar refractivity (Wildman–Crippen MR) is 77.2 cm³/mol. The fraction of sp³-hybridized carbons (Fsp3) is 0.857. The van der Waals surface area contributed by atoms with E-state index in [9.17, 15) is 9.00 Å². The van der Waals surface area contributed by atoms with Crippen molar-refractivity contribution in [1.82, 2.24) is 0 Å². The van der Waals surface area contributed by atoms with Crippen LogP contribution in [0.5, 0.6) is 0 Å². The van der Waals surface area contributed by atoms with Crippen molar-refractivity contribution in [2.75, 3.05) is 0 Å². The van der Waals surface area contributed by atoms with Crippen molar-refractivity contribution >= 4 is 23.0 Å². The van der Waals surface area contributed by atoms with Crippen LogP contribution in [0.25, 0.3) is 0 Å². The fourth-order valence-electron chi connectivity index (χ4n) is 2.09. The summed E-state index contributed by atoms with van der Waals surface area (Å²) in [4.78, 5) is 11.6. The molecule has 1 fully saturated rings. The molecular formula is C14H25NO2S. The van der Waals surface area contributed by atoms with Gasteiger partial charge in [0.2, 0.25) is 0 Å². The van der Waals surface area contributed by atoms with E-state index in [1.165, 1.54) is 6.42 Å². The van der Waals surface area contributed by atoms with Gasteiger partial charge in [-0.25, -0.2) is 4.21 Å². The molecule has 0 heterocycles. The van der Waals surface area contributed by atoms with Crippen LogP contribution in [0.4, 0.5) is 0 Å². The van der Waals surface area contributed by atoms with Crippen molar-refractivity contribution in [3.05, 3.63) is 0 Å². The molecule has 1 aliphatic carbocycles. The van der Waals surface area contributed by atoms with E-state index in [4.69, 9.17) is 0 Å². The Kier molecular flexibility index (Phi) is 6.19. The molecule has 18 heavy (non-hydrogen) atoms. The van der Waals surface area contributed by atoms with Gasteiger partial charge >= 0.3 is 0 Å². The minimum atomic E-state index is -1.15. The molecule has 0 N–H and O–H groups in total. The van der Waals surface area contributed by atoms with E-state index in [1.54, 1.807) is 6.21 Å². The average molecular weight is 271 g/mol. The molecular weight excluding hydrogens is 246 g/mol. The highest BCUT2D eigenvalue weighted by atomic mass is 32.2. The summed E-state index contributed by atoms with van der Waals surface area (Å²) < 4.78 is 15.4. The van der Waals surface area contributed by atoms with E-state index in [0.29, 0.717) is 5.78 Å². The molecule has 0 aromatic heterocycles. The lowest BCUT2D eigenvalue weighted by Gasteiger charge is -2.19. The molecule has 0 aromatic rings. The first kappa shape index (κ1) is 15.5. The topological polar surface area (TPSA) is 46.5 Å². The molecule has 2 atom stereocenters. The molecule has 0 saturated heterocycles. The second-order valence-corrected chi connectivity index (χ2v) is 7.92. The summed E-state index contributed by atoms with van der Waals surface area (Å²) in [7, 11) is -1.15. The monoisotopic (exact) mass is 271 g/mol. The fourth-order valence-corrected chi connectivity index (χ4v) is 2.65. The second kappa shape index (κ2) is 7.17. The highest BCUT2D eigenvalue weighted by Crippen LogP contribution is 2.24. The molecule has 1 saturated carbocycles. The van der Waals surface area contributed by atoms with Gasteiger partial charge in [-0.1, -0.05) is 6.42 Å². The summed E-state index contributed by atoms with van der Waals surface area (Å²) in [5, 5.41) is 0. The Morgan fingerprint density at radius 1 is 1.39 bits per heavy atom. The van der Waals surface area contributed by atoms with E-state index in [-0.39, 0.29) is 10.7 Å². The second-order valence-electron chi connectivity index (χ2n) is 5.99. The molecule has 0 radical (unpaired) electrons. The van der Waals surface area contributed by atoms with E-state index in [0.717, 1.165) is 38.5 Å². The number of Topliss-reactive ketones (excluding diaryl/α,β-unsaturated/α-hetero) is 1. The van der Waals surface area contributed by atoms with Crippen LogP contribution in [0.2, 0.25) is 0 Å². The van der Waals surface area contributed by atoms with Crippen molar-refractivity contribution < 1.29 is 9.00 Å². The summed E-state index contributed by atoms with van der Waals surface area (Å²) in [5.41, 5.74) is 0. The molecule has 0 aliphatic heterocycles. The third kappa shape index (κ3) is 5.42. The number of unbranched alkanes of at least 4 members (excludes halogenated alkanes) is 1. The van der Waals surface area contributed by atoms with Crippen LogP contribution in [-0.2, 0) is 15.8 Å². The van der Waals surface area contributed by atoms with E-state index >= 15 is 0 Å². The maximum Gasteiger partial charge on any atom is 0.144 e. The standard InChI is InChI=1S/C14H25NO2S/c1-14(2,3)18(17)15-11-7-6-9-12-8-4-5-10-13(12)16/h11-12H,4-10H2,1-3H3/b15-11+/t12?,18-/m1/s1. The largest absolute Gasteiger partial charge is 0.299 e. The van der Waals surface area contributed by atoms with Gasteiger partial charge in [0, 0.05) is 18.6 Å². The van der Waals surface area contributed by atoms with Crippen molar-refractivity contribution in [2.24, 2.45) is 10.3 Å². The zero-order valence-corrected chi connectivity index (χ0v) is 12.6. The number of nitrogens with zero attached hydrogens (tertiary/aromatic N) is 1. The minimum Gasteiger partial charge on any atom is -0.299 e. The Bertz CT molecular complexity index is 331. The Labute approximate surface area is 113 Å². The van der Waals surface area contributed by atoms with Gasteiger partial charge in [0.15, 0.2) is 0 Å². The predicted octanol–water partition coefficient (Wildman–Crippen LogP) is 3.45. The Morgan fingerprint density at radius 2 is 2.11 bits per heavy atom. The maximum atomic E-state index is 11.6. The minimum absolute atomic E-state index is 0.278. The highest BCUT2D eigenvalue weighted by Gasteiger charge is 2.21. The smallest absolute Gasteiger partial charge is 0.144 e. The number of carbonyl (C=O) groups is 1. The zero-order chi connectivity index (χ0) is 13.6. The van der Waals surface area contributed by atoms with Crippen molar-refractivity contribution in [2.45, 2.75) is 70.5 Å². The van der Waals surface area contributed by atoms with Crippen molar-refractivity contribution in [3.63, 3.8) is 0 Å². The van der Waals surface area contributed by atoms with Gasteiger partial charge in [-0.2, -0.15) is 4.40 Å². The van der Waals surface area contributed by atoms with E-state index in [1.807, 2.05) is 20.8 Å². The molecule has 3 nitrogen and oxygen atoms in total. The van der Waals surface area contributed by atoms with Crippen LogP contribution in [-0.4, -0.2) is 21.0 Å². The van der Waals surface area contributed by atoms with E-state index in [2.05, 4.69) is 4.40 Å². The number of hydrogen-bond donors (Lipinski definition) is 0. The van der Waals surface area contributed by atoms with E-state index < -0.39 is 11.0 Å². The molecule has 1 unspecified atom stereocenters. The van der Waals surface area contributed by atoms with Gasteiger partial charge < -0.3 is 0 Å². The van der Waals surface area contributed by atoms with Gasteiger partial charge in [0.25, 0.3) is 0 Å². The summed E-state index contributed by atoms with van der Waals surface area (Å²) in [6.07, 6.45) is 8.62. The number of carbonyl (C=O) groups excluding carboxylic acids is 1. The number of rotatable bonds is 5. The molecule has 1 aliphatic rings. The Hall–Kier alpha value is -0.510. The summed E-state index contributed by atoms with van der Waals surface area (Å²) in [6.45, 7) is 5.75. The van der Waals surface area contributed by atoms with Crippen LogP contribution >= 0.6 is 0 Å². The Morgan fingerprint density at radius 3 is 2.72 bits per heavy atom. The van der Waals surface area contributed by atoms with Crippen LogP contribution in [0.3, 0.4) is 0 Å². The summed E-state index contributed by atoms with van der Waals surface area (Å²) in [5.74, 6) is 0.719. The number of hydrogen-bond acceptors (Lipinski definition) is 2. The molecule has 1 rings (SSSR count). The Balaban J connectivity index is 2.20. The highest BCUT2D eigenvalue weighted by molar-refractivity contribution is 7.85. The van der Waals surface area contributed by atoms with Gasteiger partial charge in [-0.3, -0.25) is 4.79 Å². The first-order valence-corrected chi connectivity index (χ1v) is 7.99. The molecule has 0 amide bonds. The van der Waals surface area contributed by atoms with Crippen LogP contribution < -0.4 is 0 Å². The lowest BCUT2D eigenvalue weighted by molar-refractivity contribution is -0.124. The first-order chi connectivity index (χ1) is 8.41. The first-order valence-electron chi connectivity index (χ1n) is 6.88. The molecule has 0 aromatic carbocycles. The van der Waals surface area contributed by atoms with Crippen LogP contribution in [0.15, 0.2) is 4.40 Å². The van der Waals surface area contributed by atoms with Gasteiger partial charge in [0.1, 0.15) is 16.8 Å². The molecule has 104 valence electrons. The number of ketones is 1. The summed E-state index contributed by atoms with van der Waals surface area (Å²) >= 11 is 0. The van der Waals surface area contributed by atoms with Gasteiger partial charge in [-0.05, 0) is 52.9 Å². The lowest BCUT2D eigenvalue weighted by Crippen LogP contribution is -2.20. The molecule has 4 heteroatoms. The van der Waals surface area contributed by atoms with Crippen molar-refractivity contribution in [1.29, 1.82) is 0 Å². The van der Waals surface area contributed by atoms with Gasteiger partial charge in [0.05, 0.1) is 4.75 Å². The van der Waals surface area contributed by atoms with Crippen LogP contribution in [0.1, 0.15) is 65.7 Å². The normalized spacial score (nSPS) is 23.5. The van der Waals surface area contributed by atoms with Crippen molar-refractivity contribution in [3.8, 4) is 0 Å². The summed E-state index contributed by atoms with van der Waals surface area (Å²) in [6, 6.07) is 0. The maximum absolute atomic E-state index is 11.6. The van der Waals surface area contributed by atoms with Gasteiger partial charge in [-0.15, -0.1) is 0 Å². The average Bonchev–Trinajstić information content (AvgIpc) is 2.29.